The molecule has 1 aliphatic heterocycles. The number of carbonyl (C=O) groups excluding carboxylic acids is 2. The molecule has 4 heteroatoms. The van der Waals surface area contributed by atoms with Gasteiger partial charge in [-0.05, 0) is 30.5 Å². The monoisotopic (exact) mass is 260 g/mol. The van der Waals surface area contributed by atoms with Gasteiger partial charge in [-0.2, -0.15) is 0 Å². The van der Waals surface area contributed by atoms with E-state index in [1.165, 1.54) is 4.90 Å². The Morgan fingerprint density at radius 1 is 1.16 bits per heavy atom. The molecule has 0 saturated carbocycles. The van der Waals surface area contributed by atoms with Gasteiger partial charge in [-0.3, -0.25) is 14.5 Å². The van der Waals surface area contributed by atoms with Crippen LogP contribution < -0.4 is 5.73 Å². The summed E-state index contributed by atoms with van der Waals surface area (Å²) in [4.78, 5) is 25.9. The van der Waals surface area contributed by atoms with Crippen molar-refractivity contribution in [2.45, 2.75) is 39.7 Å². The van der Waals surface area contributed by atoms with Gasteiger partial charge in [0.1, 0.15) is 0 Å². The molecule has 1 aliphatic rings. The lowest BCUT2D eigenvalue weighted by molar-refractivity contribution is -0.142. The number of hydrogen-bond donors (Lipinski definition) is 1. The summed E-state index contributed by atoms with van der Waals surface area (Å²) < 4.78 is 0. The van der Waals surface area contributed by atoms with Gasteiger partial charge < -0.3 is 5.73 Å². The van der Waals surface area contributed by atoms with E-state index < -0.39 is 5.41 Å². The molecule has 1 saturated heterocycles. The Labute approximate surface area is 113 Å². The van der Waals surface area contributed by atoms with Crippen molar-refractivity contribution in [2.75, 3.05) is 5.73 Å². The molecule has 4 nitrogen and oxygen atoms in total. The fourth-order valence-corrected chi connectivity index (χ4v) is 2.63. The van der Waals surface area contributed by atoms with Gasteiger partial charge in [-0.15, -0.1) is 0 Å². The lowest BCUT2D eigenvalue weighted by Gasteiger charge is -2.23. The van der Waals surface area contributed by atoms with Crippen molar-refractivity contribution < 1.29 is 9.59 Å². The number of likely N-dealkylation sites (tertiary alicyclic amines) is 1. The maximum atomic E-state index is 12.5. The van der Waals surface area contributed by atoms with Gasteiger partial charge in [0.2, 0.25) is 11.8 Å². The number of carbonyl (C=O) groups is 2. The highest BCUT2D eigenvalue weighted by Gasteiger charge is 2.48. The largest absolute Gasteiger partial charge is 0.399 e. The summed E-state index contributed by atoms with van der Waals surface area (Å²) in [6, 6.07) is 7.28. The van der Waals surface area contributed by atoms with E-state index >= 15 is 0 Å². The normalized spacial score (nSPS) is 18.1. The molecule has 2 rings (SSSR count). The number of hydrogen-bond acceptors (Lipinski definition) is 3. The molecule has 1 fully saturated rings. The van der Waals surface area contributed by atoms with Gasteiger partial charge in [0.15, 0.2) is 0 Å². The SMILES string of the molecule is CCC1(CC)CC(=O)N(Cc2ccc(N)cc2)C1=O. The third kappa shape index (κ3) is 2.35. The van der Waals surface area contributed by atoms with E-state index in [0.29, 0.717) is 31.5 Å². The van der Waals surface area contributed by atoms with Crippen molar-refractivity contribution in [3.05, 3.63) is 29.8 Å². The van der Waals surface area contributed by atoms with E-state index in [1.54, 1.807) is 12.1 Å². The molecule has 1 aromatic rings. The topological polar surface area (TPSA) is 63.4 Å². The first-order chi connectivity index (χ1) is 9.02. The van der Waals surface area contributed by atoms with Gasteiger partial charge >= 0.3 is 0 Å². The molecule has 0 aromatic heterocycles. The van der Waals surface area contributed by atoms with Crippen LogP contribution in [0.1, 0.15) is 38.7 Å². The number of nitrogen functional groups attached to an aromatic ring is 1. The van der Waals surface area contributed by atoms with Gasteiger partial charge in [0.25, 0.3) is 0 Å². The first kappa shape index (κ1) is 13.6. The molecule has 0 aliphatic carbocycles. The van der Waals surface area contributed by atoms with Crippen LogP contribution >= 0.6 is 0 Å². The lowest BCUT2D eigenvalue weighted by Crippen LogP contribution is -2.34. The highest BCUT2D eigenvalue weighted by atomic mass is 16.2. The second-order valence-electron chi connectivity index (χ2n) is 5.19. The molecule has 0 unspecified atom stereocenters. The van der Waals surface area contributed by atoms with Crippen LogP contribution in [0.5, 0.6) is 0 Å². The minimum atomic E-state index is -0.481. The summed E-state index contributed by atoms with van der Waals surface area (Å²) >= 11 is 0. The average molecular weight is 260 g/mol. The quantitative estimate of drug-likeness (QED) is 0.667. The molecule has 0 spiro atoms. The second kappa shape index (κ2) is 5.03. The Morgan fingerprint density at radius 3 is 2.21 bits per heavy atom. The van der Waals surface area contributed by atoms with Crippen molar-refractivity contribution in [1.29, 1.82) is 0 Å². The van der Waals surface area contributed by atoms with E-state index in [2.05, 4.69) is 0 Å². The van der Waals surface area contributed by atoms with Crippen LogP contribution in [-0.4, -0.2) is 16.7 Å². The van der Waals surface area contributed by atoms with Gasteiger partial charge in [-0.1, -0.05) is 26.0 Å². The minimum absolute atomic E-state index is 0.0284. The van der Waals surface area contributed by atoms with Gasteiger partial charge in [-0.25, -0.2) is 0 Å². The predicted molar refractivity (Wildman–Crippen MR) is 74.0 cm³/mol. The average Bonchev–Trinajstić information content (AvgIpc) is 2.66. The van der Waals surface area contributed by atoms with Gasteiger partial charge in [0.05, 0.1) is 12.0 Å². The zero-order chi connectivity index (χ0) is 14.0. The van der Waals surface area contributed by atoms with Crippen LogP contribution in [0.4, 0.5) is 5.69 Å². The van der Waals surface area contributed by atoms with Crippen molar-refractivity contribution in [3.8, 4) is 0 Å². The van der Waals surface area contributed by atoms with Crippen molar-refractivity contribution in [2.24, 2.45) is 5.41 Å². The summed E-state index contributed by atoms with van der Waals surface area (Å²) in [5.74, 6) is -0.0927. The minimum Gasteiger partial charge on any atom is -0.399 e. The van der Waals surface area contributed by atoms with Crippen molar-refractivity contribution >= 4 is 17.5 Å². The maximum Gasteiger partial charge on any atom is 0.236 e. The number of nitrogens with two attached hydrogens (primary N) is 1. The molecule has 0 bridgehead atoms. The third-order valence-electron chi connectivity index (χ3n) is 4.16. The second-order valence-corrected chi connectivity index (χ2v) is 5.19. The van der Waals surface area contributed by atoms with E-state index in [4.69, 9.17) is 5.73 Å². The molecule has 2 N–H and O–H groups in total. The molecular formula is C15H20N2O2. The zero-order valence-electron chi connectivity index (χ0n) is 11.5. The fourth-order valence-electron chi connectivity index (χ4n) is 2.63. The van der Waals surface area contributed by atoms with Gasteiger partial charge in [0, 0.05) is 12.1 Å². The summed E-state index contributed by atoms with van der Waals surface area (Å²) in [6.45, 7) is 4.29. The molecule has 0 atom stereocenters. The van der Waals surface area contributed by atoms with Crippen molar-refractivity contribution in [3.63, 3.8) is 0 Å². The third-order valence-corrected chi connectivity index (χ3v) is 4.16. The number of benzene rings is 1. The Hall–Kier alpha value is -1.84. The highest BCUT2D eigenvalue weighted by Crippen LogP contribution is 2.39. The molecular weight excluding hydrogens is 240 g/mol. The molecule has 0 radical (unpaired) electrons. The number of nitrogens with zero attached hydrogens (tertiary/aromatic N) is 1. The molecule has 102 valence electrons. The number of amides is 2. The Bertz CT molecular complexity index is 489. The number of rotatable bonds is 4. The van der Waals surface area contributed by atoms with E-state index in [-0.39, 0.29) is 11.8 Å². The van der Waals surface area contributed by atoms with E-state index in [9.17, 15) is 9.59 Å². The Kier molecular flexibility index (Phi) is 3.60. The van der Waals surface area contributed by atoms with Crippen molar-refractivity contribution in [1.82, 2.24) is 4.90 Å². The zero-order valence-corrected chi connectivity index (χ0v) is 11.5. The van der Waals surface area contributed by atoms with Crippen LogP contribution in [0.15, 0.2) is 24.3 Å². The first-order valence-electron chi connectivity index (χ1n) is 6.71. The molecule has 19 heavy (non-hydrogen) atoms. The van der Waals surface area contributed by atoms with Crippen LogP contribution in [0.3, 0.4) is 0 Å². The highest BCUT2D eigenvalue weighted by molar-refractivity contribution is 6.05. The number of imide groups is 1. The van der Waals surface area contributed by atoms with Crippen LogP contribution in [0, 0.1) is 5.41 Å². The van der Waals surface area contributed by atoms with Crippen LogP contribution in [0.2, 0.25) is 0 Å². The summed E-state index contributed by atoms with van der Waals surface area (Å²) in [5.41, 5.74) is 6.76. The fraction of sp³-hybridized carbons (Fsp3) is 0.467. The van der Waals surface area contributed by atoms with Crippen LogP contribution in [0.25, 0.3) is 0 Å². The molecule has 1 heterocycles. The predicted octanol–water partition coefficient (Wildman–Crippen LogP) is 2.33. The summed E-state index contributed by atoms with van der Waals surface area (Å²) in [5, 5.41) is 0. The summed E-state index contributed by atoms with van der Waals surface area (Å²) in [7, 11) is 0. The Morgan fingerprint density at radius 2 is 1.74 bits per heavy atom. The van der Waals surface area contributed by atoms with E-state index in [0.717, 1.165) is 5.56 Å². The maximum absolute atomic E-state index is 12.5. The standard InChI is InChI=1S/C15H20N2O2/c1-3-15(4-2)9-13(18)17(14(15)19)10-11-5-7-12(16)8-6-11/h5-8H,3-4,9-10,16H2,1-2H3. The lowest BCUT2D eigenvalue weighted by atomic mass is 9.81. The smallest absolute Gasteiger partial charge is 0.236 e. The summed E-state index contributed by atoms with van der Waals surface area (Å²) in [6.07, 6.45) is 1.77. The van der Waals surface area contributed by atoms with E-state index in [1.807, 2.05) is 26.0 Å². The van der Waals surface area contributed by atoms with Crippen LogP contribution in [-0.2, 0) is 16.1 Å². The Balaban J connectivity index is 2.19. The molecule has 1 aromatic carbocycles. The first-order valence-corrected chi connectivity index (χ1v) is 6.71. The molecule has 2 amide bonds. The number of anilines is 1.